The van der Waals surface area contributed by atoms with Crippen LogP contribution in [0.1, 0.15) is 31.4 Å². The lowest BCUT2D eigenvalue weighted by atomic mass is 10.1. The van der Waals surface area contributed by atoms with Crippen LogP contribution in [0.25, 0.3) is 28.1 Å². The van der Waals surface area contributed by atoms with Crippen LogP contribution in [0.4, 0.5) is 5.82 Å². The molecule has 0 bridgehead atoms. The van der Waals surface area contributed by atoms with Crippen LogP contribution in [0.3, 0.4) is 0 Å². The van der Waals surface area contributed by atoms with Crippen molar-refractivity contribution < 1.29 is 9.53 Å². The van der Waals surface area contributed by atoms with Crippen molar-refractivity contribution in [3.8, 4) is 5.95 Å². The summed E-state index contributed by atoms with van der Waals surface area (Å²) in [4.78, 5) is 40.0. The van der Waals surface area contributed by atoms with Gasteiger partial charge >= 0.3 is 0 Å². The lowest BCUT2D eigenvalue weighted by molar-refractivity contribution is -0.138. The number of carbonyl (C=O) groups excluding carboxylic acids is 1. The Kier molecular flexibility index (Phi) is 7.30. The highest BCUT2D eigenvalue weighted by atomic mass is 32.2. The molecule has 3 saturated heterocycles. The largest absolute Gasteiger partial charge is 0.378 e. The Bertz CT molecular complexity index is 1570. The number of para-hydroxylation sites is 2. The van der Waals surface area contributed by atoms with Gasteiger partial charge in [-0.2, -0.15) is 21.7 Å². The highest BCUT2D eigenvalue weighted by Crippen LogP contribution is 2.29. The maximum Gasteiger partial charge on any atom is 0.239 e. The third-order valence-corrected chi connectivity index (χ3v) is 9.67. The van der Waals surface area contributed by atoms with E-state index < -0.39 is 0 Å². The highest BCUT2D eigenvalue weighted by molar-refractivity contribution is 7.99. The van der Waals surface area contributed by atoms with Crippen molar-refractivity contribution in [2.24, 2.45) is 7.05 Å². The van der Waals surface area contributed by atoms with Crippen molar-refractivity contribution in [2.75, 3.05) is 62.3 Å². The normalized spacial score (nSPS) is 19.6. The number of morpholine rings is 1. The Morgan fingerprint density at radius 2 is 1.78 bits per heavy atom. The van der Waals surface area contributed by atoms with E-state index in [4.69, 9.17) is 24.7 Å². The number of anilines is 1. The second-order valence-corrected chi connectivity index (χ2v) is 12.3. The Morgan fingerprint density at radius 1 is 0.976 bits per heavy atom. The average Bonchev–Trinajstić information content (AvgIpc) is 3.55. The van der Waals surface area contributed by atoms with Crippen molar-refractivity contribution in [2.45, 2.75) is 38.8 Å². The number of aryl methyl sites for hydroxylation is 2. The second-order valence-electron chi connectivity index (χ2n) is 11.0. The summed E-state index contributed by atoms with van der Waals surface area (Å²) in [5.74, 6) is 5.71. The quantitative estimate of drug-likeness (QED) is 0.344. The van der Waals surface area contributed by atoms with E-state index in [0.717, 1.165) is 72.3 Å². The number of nitrogens with zero attached hydrogens (tertiary/aromatic N) is 9. The summed E-state index contributed by atoms with van der Waals surface area (Å²) < 4.78 is 9.75. The monoisotopic (exact) mass is 575 g/mol. The predicted molar refractivity (Wildman–Crippen MR) is 161 cm³/mol. The number of rotatable bonds is 6. The average molecular weight is 576 g/mol. The molecule has 3 aliphatic heterocycles. The minimum atomic E-state index is 0.180. The zero-order valence-corrected chi connectivity index (χ0v) is 24.6. The van der Waals surface area contributed by atoms with Crippen molar-refractivity contribution in [3.63, 3.8) is 0 Å². The summed E-state index contributed by atoms with van der Waals surface area (Å²) in [7, 11) is 2.00. The molecular formula is C29H37N9O2S. The van der Waals surface area contributed by atoms with Crippen LogP contribution in [-0.2, 0) is 29.5 Å². The lowest BCUT2D eigenvalue weighted by Crippen LogP contribution is -2.54. The van der Waals surface area contributed by atoms with E-state index in [1.807, 2.05) is 46.5 Å². The summed E-state index contributed by atoms with van der Waals surface area (Å²) in [6.07, 6.45) is 3.12. The molecule has 6 heterocycles. The first-order valence-corrected chi connectivity index (χ1v) is 15.9. The standard InChI is InChI=1S/C29H37N9O2S/c1-3-23-30-21-6-4-5-7-22(21)38(23)29-32-27-26(28(33-29)35-12-14-40-15-13-35)31-24(34(27)2)18-37-11-10-36(19-25(37)39)20-8-16-41-17-9-20/h4-7,20H,3,8-19H2,1-2H3. The third kappa shape index (κ3) is 4.95. The van der Waals surface area contributed by atoms with Crippen molar-refractivity contribution in [1.82, 2.24) is 38.9 Å². The minimum absolute atomic E-state index is 0.180. The van der Waals surface area contributed by atoms with Crippen LogP contribution in [0.15, 0.2) is 24.3 Å². The topological polar surface area (TPSA) is 97.4 Å². The zero-order valence-electron chi connectivity index (χ0n) is 23.8. The number of thioether (sulfide) groups is 1. The predicted octanol–water partition coefficient (Wildman–Crippen LogP) is 2.64. The summed E-state index contributed by atoms with van der Waals surface area (Å²) in [6.45, 7) is 7.47. The Morgan fingerprint density at radius 3 is 2.56 bits per heavy atom. The molecule has 0 unspecified atom stereocenters. The summed E-state index contributed by atoms with van der Waals surface area (Å²) >= 11 is 2.02. The molecule has 11 nitrogen and oxygen atoms in total. The molecule has 3 aliphatic rings. The van der Waals surface area contributed by atoms with E-state index in [1.165, 1.54) is 24.3 Å². The second kappa shape index (κ2) is 11.2. The first-order chi connectivity index (χ1) is 20.1. The van der Waals surface area contributed by atoms with E-state index in [-0.39, 0.29) is 5.91 Å². The van der Waals surface area contributed by atoms with Crippen LogP contribution in [0, 0.1) is 0 Å². The molecule has 0 spiro atoms. The molecule has 0 atom stereocenters. The van der Waals surface area contributed by atoms with E-state index >= 15 is 0 Å². The van der Waals surface area contributed by atoms with Crippen molar-refractivity contribution in [1.29, 1.82) is 0 Å². The van der Waals surface area contributed by atoms with Crippen LogP contribution < -0.4 is 4.90 Å². The molecule has 0 aliphatic carbocycles. The number of aromatic nitrogens is 6. The molecule has 4 aromatic rings. The first-order valence-electron chi connectivity index (χ1n) is 14.7. The fraction of sp³-hybridized carbons (Fsp3) is 0.552. The fourth-order valence-electron chi connectivity index (χ4n) is 6.28. The molecule has 12 heteroatoms. The maximum absolute atomic E-state index is 13.3. The van der Waals surface area contributed by atoms with E-state index in [0.29, 0.717) is 38.3 Å². The number of carbonyl (C=O) groups is 1. The number of hydrogen-bond acceptors (Lipinski definition) is 9. The number of imidazole rings is 2. The SMILES string of the molecule is CCc1nc2ccccc2n1-c1nc(N2CCOCC2)c2nc(CN3CCN(C4CCSCC4)CC3=O)n(C)c2n1. The Labute approximate surface area is 243 Å². The molecule has 3 fully saturated rings. The number of ether oxygens (including phenoxy) is 1. The van der Waals surface area contributed by atoms with Gasteiger partial charge < -0.3 is 19.1 Å². The van der Waals surface area contributed by atoms with E-state index in [9.17, 15) is 4.79 Å². The Balaban J connectivity index is 1.25. The molecule has 216 valence electrons. The van der Waals surface area contributed by atoms with E-state index in [1.54, 1.807) is 0 Å². The molecule has 3 aromatic heterocycles. The lowest BCUT2D eigenvalue weighted by Gasteiger charge is -2.40. The molecule has 1 aromatic carbocycles. The van der Waals surface area contributed by atoms with Gasteiger partial charge in [0.2, 0.25) is 11.9 Å². The van der Waals surface area contributed by atoms with Gasteiger partial charge in [-0.3, -0.25) is 14.3 Å². The molecular weight excluding hydrogens is 538 g/mol. The number of benzene rings is 1. The number of amides is 1. The van der Waals surface area contributed by atoms with Crippen LogP contribution in [0.5, 0.6) is 0 Å². The van der Waals surface area contributed by atoms with Crippen LogP contribution in [0.2, 0.25) is 0 Å². The van der Waals surface area contributed by atoms with Crippen molar-refractivity contribution >= 4 is 45.7 Å². The van der Waals surface area contributed by atoms with Gasteiger partial charge in [0, 0.05) is 45.7 Å². The number of piperazine rings is 1. The van der Waals surface area contributed by atoms with Gasteiger partial charge in [0.25, 0.3) is 0 Å². The van der Waals surface area contributed by atoms with Gasteiger partial charge in [0.1, 0.15) is 11.6 Å². The van der Waals surface area contributed by atoms with Gasteiger partial charge in [-0.1, -0.05) is 19.1 Å². The molecule has 1 amide bonds. The zero-order chi connectivity index (χ0) is 27.9. The first kappa shape index (κ1) is 26.7. The maximum atomic E-state index is 13.3. The summed E-state index contributed by atoms with van der Waals surface area (Å²) in [6, 6.07) is 8.65. The van der Waals surface area contributed by atoms with Crippen molar-refractivity contribution in [3.05, 3.63) is 35.9 Å². The highest BCUT2D eigenvalue weighted by Gasteiger charge is 2.31. The molecule has 0 saturated carbocycles. The number of fused-ring (bicyclic) bond motifs is 2. The van der Waals surface area contributed by atoms with Crippen LogP contribution >= 0.6 is 11.8 Å². The minimum Gasteiger partial charge on any atom is -0.378 e. The molecule has 41 heavy (non-hydrogen) atoms. The smallest absolute Gasteiger partial charge is 0.239 e. The molecule has 0 N–H and O–H groups in total. The third-order valence-electron chi connectivity index (χ3n) is 8.63. The van der Waals surface area contributed by atoms with Gasteiger partial charge in [0.15, 0.2) is 17.0 Å². The van der Waals surface area contributed by atoms with Gasteiger partial charge in [-0.05, 0) is 36.5 Å². The number of hydrogen-bond donors (Lipinski definition) is 0. The van der Waals surface area contributed by atoms with Crippen LogP contribution in [-0.4, -0.2) is 108 Å². The van der Waals surface area contributed by atoms with Gasteiger partial charge in [-0.25, -0.2) is 9.97 Å². The Hall–Kier alpha value is -3.22. The van der Waals surface area contributed by atoms with Gasteiger partial charge in [0.05, 0.1) is 37.3 Å². The van der Waals surface area contributed by atoms with E-state index in [2.05, 4.69) is 27.4 Å². The summed E-state index contributed by atoms with van der Waals surface area (Å²) in [5.41, 5.74) is 3.44. The van der Waals surface area contributed by atoms with Gasteiger partial charge in [-0.15, -0.1) is 0 Å². The summed E-state index contributed by atoms with van der Waals surface area (Å²) in [5, 5.41) is 0. The molecule has 0 radical (unpaired) electrons. The fourth-order valence-corrected chi connectivity index (χ4v) is 7.36. The molecule has 7 rings (SSSR count).